The van der Waals surface area contributed by atoms with Crippen molar-refractivity contribution in [3.05, 3.63) is 46.6 Å². The molecule has 2 heterocycles. The van der Waals surface area contributed by atoms with E-state index in [1.54, 1.807) is 18.3 Å². The number of nitrogens with zero attached hydrogens (tertiary/aromatic N) is 1. The van der Waals surface area contributed by atoms with Gasteiger partial charge in [-0.15, -0.1) is 0 Å². The van der Waals surface area contributed by atoms with Gasteiger partial charge in [0, 0.05) is 6.20 Å². The van der Waals surface area contributed by atoms with Gasteiger partial charge in [-0.3, -0.25) is 4.79 Å². The van der Waals surface area contributed by atoms with Crippen molar-refractivity contribution in [3.8, 4) is 0 Å². The van der Waals surface area contributed by atoms with Crippen molar-refractivity contribution in [1.82, 2.24) is 10.4 Å². The van der Waals surface area contributed by atoms with Gasteiger partial charge < -0.3 is 9.40 Å². The largest absolute Gasteiger partial charge is 0.444 e. The molecule has 0 aliphatic heterocycles. The summed E-state index contributed by atoms with van der Waals surface area (Å²) in [6, 6.07) is 6.87. The zero-order valence-electron chi connectivity index (χ0n) is 8.11. The smallest absolute Gasteiger partial charge is 0.307 e. The fraction of sp³-hybridized carbons (Fsp3) is 0. The summed E-state index contributed by atoms with van der Waals surface area (Å²) in [5.41, 5.74) is 3.15. The number of halogens is 1. The first kappa shape index (κ1) is 10.7. The van der Waals surface area contributed by atoms with Crippen LogP contribution in [0.4, 0.5) is 0 Å². The van der Waals surface area contributed by atoms with Crippen molar-refractivity contribution in [2.75, 3.05) is 0 Å². The van der Waals surface area contributed by atoms with Crippen LogP contribution < -0.4 is 5.43 Å². The van der Waals surface area contributed by atoms with Gasteiger partial charge in [0.05, 0.1) is 11.9 Å². The maximum Gasteiger partial charge on any atom is 0.307 e. The normalized spacial score (nSPS) is 10.8. The molecule has 0 atom stereocenters. The lowest BCUT2D eigenvalue weighted by Gasteiger charge is -1.93. The van der Waals surface area contributed by atoms with Crippen molar-refractivity contribution in [3.63, 3.8) is 0 Å². The Hall–Kier alpha value is -1.82. The van der Waals surface area contributed by atoms with Crippen LogP contribution >= 0.6 is 15.9 Å². The Labute approximate surface area is 99.7 Å². The molecule has 0 spiro atoms. The Bertz CT molecular complexity index is 502. The maximum absolute atomic E-state index is 11.4. The molecule has 0 fully saturated rings. The summed E-state index contributed by atoms with van der Waals surface area (Å²) >= 11 is 3.11. The van der Waals surface area contributed by atoms with Gasteiger partial charge in [-0.2, -0.15) is 5.10 Å². The van der Waals surface area contributed by atoms with Crippen LogP contribution in [-0.2, 0) is 0 Å². The first-order chi connectivity index (χ1) is 7.75. The van der Waals surface area contributed by atoms with Gasteiger partial charge in [0.15, 0.2) is 10.4 Å². The fourth-order valence-electron chi connectivity index (χ4n) is 1.08. The Balaban J connectivity index is 1.94. The molecule has 0 aliphatic carbocycles. The number of hydrazone groups is 1. The van der Waals surface area contributed by atoms with Gasteiger partial charge in [-0.1, -0.05) is 0 Å². The van der Waals surface area contributed by atoms with Gasteiger partial charge in [0.25, 0.3) is 0 Å². The molecule has 0 bridgehead atoms. The molecular formula is C10H8BrN3O2. The lowest BCUT2D eigenvalue weighted by molar-refractivity contribution is 0.0926. The predicted octanol–water partition coefficient (Wildman–Crippen LogP) is 2.13. The topological polar surface area (TPSA) is 70.4 Å². The maximum atomic E-state index is 11.4. The molecule has 5 nitrogen and oxygen atoms in total. The minimum absolute atomic E-state index is 0.204. The van der Waals surface area contributed by atoms with Crippen LogP contribution in [0.25, 0.3) is 0 Å². The second-order valence-corrected chi connectivity index (χ2v) is 3.71. The summed E-state index contributed by atoms with van der Waals surface area (Å²) in [4.78, 5) is 14.4. The molecule has 0 saturated carbocycles. The van der Waals surface area contributed by atoms with E-state index in [9.17, 15) is 4.79 Å². The Kier molecular flexibility index (Phi) is 3.21. The van der Waals surface area contributed by atoms with Crippen LogP contribution in [-0.4, -0.2) is 17.1 Å². The van der Waals surface area contributed by atoms with Crippen LogP contribution in [0, 0.1) is 0 Å². The van der Waals surface area contributed by atoms with Gasteiger partial charge in [0.2, 0.25) is 0 Å². The molecule has 1 amide bonds. The van der Waals surface area contributed by atoms with E-state index in [2.05, 4.69) is 31.4 Å². The SMILES string of the molecule is O=C(NN=Cc1ccc[nH]1)c1ccc(Br)o1. The summed E-state index contributed by atoms with van der Waals surface area (Å²) in [5.74, 6) is -0.191. The van der Waals surface area contributed by atoms with Crippen LogP contribution in [0.1, 0.15) is 16.2 Å². The summed E-state index contributed by atoms with van der Waals surface area (Å²) in [6.07, 6.45) is 3.28. The average molecular weight is 282 g/mol. The fourth-order valence-corrected chi connectivity index (χ4v) is 1.38. The summed E-state index contributed by atoms with van der Waals surface area (Å²) in [7, 11) is 0. The lowest BCUT2D eigenvalue weighted by atomic mass is 10.4. The Morgan fingerprint density at radius 2 is 2.38 bits per heavy atom. The lowest BCUT2D eigenvalue weighted by Crippen LogP contribution is -2.16. The third-order valence-electron chi connectivity index (χ3n) is 1.79. The molecule has 0 unspecified atom stereocenters. The Morgan fingerprint density at radius 3 is 3.00 bits per heavy atom. The summed E-state index contributed by atoms with van der Waals surface area (Å²) in [5, 5.41) is 3.77. The van der Waals surface area contributed by atoms with E-state index in [1.807, 2.05) is 12.1 Å². The molecular weight excluding hydrogens is 274 g/mol. The van der Waals surface area contributed by atoms with E-state index in [-0.39, 0.29) is 5.76 Å². The highest BCUT2D eigenvalue weighted by atomic mass is 79.9. The number of furan rings is 1. The van der Waals surface area contributed by atoms with E-state index in [0.717, 1.165) is 5.69 Å². The number of carbonyl (C=O) groups excluding carboxylic acids is 1. The molecule has 2 N–H and O–H groups in total. The molecule has 0 radical (unpaired) electrons. The van der Waals surface area contributed by atoms with Crippen molar-refractivity contribution in [2.24, 2.45) is 5.10 Å². The van der Waals surface area contributed by atoms with Gasteiger partial charge in [-0.05, 0) is 40.2 Å². The number of hydrogen-bond acceptors (Lipinski definition) is 3. The molecule has 2 rings (SSSR count). The third-order valence-corrected chi connectivity index (χ3v) is 2.21. The molecule has 0 aliphatic rings. The molecule has 2 aromatic rings. The standard InChI is InChI=1S/C10H8BrN3O2/c11-9-4-3-8(16-9)10(15)14-13-6-7-2-1-5-12-7/h1-6,12H,(H,14,15). The number of H-pyrrole nitrogens is 1. The highest BCUT2D eigenvalue weighted by Gasteiger charge is 2.08. The zero-order valence-corrected chi connectivity index (χ0v) is 9.69. The number of hydrogen-bond donors (Lipinski definition) is 2. The second kappa shape index (κ2) is 4.80. The molecule has 16 heavy (non-hydrogen) atoms. The number of aromatic amines is 1. The van der Waals surface area contributed by atoms with Crippen LogP contribution in [0.2, 0.25) is 0 Å². The van der Waals surface area contributed by atoms with Crippen LogP contribution in [0.3, 0.4) is 0 Å². The van der Waals surface area contributed by atoms with Crippen LogP contribution in [0.15, 0.2) is 44.7 Å². The van der Waals surface area contributed by atoms with Crippen molar-refractivity contribution < 1.29 is 9.21 Å². The van der Waals surface area contributed by atoms with Crippen LogP contribution in [0.5, 0.6) is 0 Å². The van der Waals surface area contributed by atoms with E-state index >= 15 is 0 Å². The number of carbonyl (C=O) groups is 1. The third kappa shape index (κ3) is 2.60. The highest BCUT2D eigenvalue weighted by Crippen LogP contribution is 2.13. The first-order valence-corrected chi connectivity index (χ1v) is 5.27. The first-order valence-electron chi connectivity index (χ1n) is 4.48. The van der Waals surface area contributed by atoms with E-state index < -0.39 is 5.91 Å². The van der Waals surface area contributed by atoms with Crippen molar-refractivity contribution in [1.29, 1.82) is 0 Å². The minimum Gasteiger partial charge on any atom is -0.444 e. The molecule has 6 heteroatoms. The monoisotopic (exact) mass is 281 g/mol. The van der Waals surface area contributed by atoms with E-state index in [0.29, 0.717) is 4.67 Å². The molecule has 0 aromatic carbocycles. The summed E-state index contributed by atoms with van der Waals surface area (Å²) in [6.45, 7) is 0. The average Bonchev–Trinajstić information content (AvgIpc) is 2.89. The number of nitrogens with one attached hydrogen (secondary N) is 2. The summed E-state index contributed by atoms with van der Waals surface area (Å²) < 4.78 is 5.56. The number of amides is 1. The highest BCUT2D eigenvalue weighted by molar-refractivity contribution is 9.10. The Morgan fingerprint density at radius 1 is 1.50 bits per heavy atom. The molecule has 82 valence electrons. The van der Waals surface area contributed by atoms with Gasteiger partial charge >= 0.3 is 5.91 Å². The quantitative estimate of drug-likeness (QED) is 0.668. The minimum atomic E-state index is -0.395. The van der Waals surface area contributed by atoms with Crippen molar-refractivity contribution >= 4 is 28.1 Å². The van der Waals surface area contributed by atoms with Gasteiger partial charge in [-0.25, -0.2) is 5.43 Å². The molecule has 2 aromatic heterocycles. The second-order valence-electron chi connectivity index (χ2n) is 2.93. The zero-order chi connectivity index (χ0) is 11.4. The number of aromatic nitrogens is 1. The van der Waals surface area contributed by atoms with E-state index in [4.69, 9.17) is 4.42 Å². The van der Waals surface area contributed by atoms with Gasteiger partial charge in [0.1, 0.15) is 0 Å². The van der Waals surface area contributed by atoms with Crippen molar-refractivity contribution in [2.45, 2.75) is 0 Å². The number of rotatable bonds is 3. The molecule has 0 saturated heterocycles. The van der Waals surface area contributed by atoms with E-state index in [1.165, 1.54) is 6.21 Å². The predicted molar refractivity (Wildman–Crippen MR) is 62.3 cm³/mol.